The van der Waals surface area contributed by atoms with Gasteiger partial charge < -0.3 is 10.2 Å². The minimum absolute atomic E-state index is 0.429. The number of pyridine rings is 1. The number of rotatable bonds is 4. The van der Waals surface area contributed by atoms with E-state index in [1.165, 1.54) is 0 Å². The van der Waals surface area contributed by atoms with E-state index >= 15 is 0 Å². The molecule has 0 atom stereocenters. The number of likely N-dealkylation sites (tertiary alicyclic amines) is 1. The van der Waals surface area contributed by atoms with Crippen LogP contribution >= 0.6 is 0 Å². The molecule has 1 aliphatic heterocycles. The standard InChI is InChI=1S/C22H22N10/c1-30-9-6-17(7-10-30)31-14-16(12-25-31)26-22-24-13-20-21(27-22)32(29-28-20)18-4-5-19-15(11-18)3-2-8-23-19/h2-5,8,11-14,17H,6-7,9-10H2,1H3,(H,24,26,27). The van der Waals surface area contributed by atoms with Gasteiger partial charge in [0.25, 0.3) is 0 Å². The topological polar surface area (TPSA) is 102 Å². The van der Waals surface area contributed by atoms with Crippen LogP contribution in [0.15, 0.2) is 55.1 Å². The molecule has 5 heterocycles. The summed E-state index contributed by atoms with van der Waals surface area (Å²) in [4.78, 5) is 15.8. The molecule has 0 unspecified atom stereocenters. The number of hydrogen-bond donors (Lipinski definition) is 1. The number of hydrogen-bond acceptors (Lipinski definition) is 8. The van der Waals surface area contributed by atoms with Crippen molar-refractivity contribution in [3.63, 3.8) is 0 Å². The summed E-state index contributed by atoms with van der Waals surface area (Å²) >= 11 is 0. The second kappa shape index (κ2) is 7.65. The van der Waals surface area contributed by atoms with Crippen molar-refractivity contribution in [2.24, 2.45) is 0 Å². The zero-order valence-corrected chi connectivity index (χ0v) is 17.6. The van der Waals surface area contributed by atoms with Crippen molar-refractivity contribution in [3.8, 4) is 5.69 Å². The van der Waals surface area contributed by atoms with Crippen LogP contribution in [0, 0.1) is 0 Å². The Morgan fingerprint density at radius 3 is 2.84 bits per heavy atom. The Balaban J connectivity index is 1.28. The minimum atomic E-state index is 0.429. The number of piperidine rings is 1. The van der Waals surface area contributed by atoms with Gasteiger partial charge in [0.15, 0.2) is 11.2 Å². The summed E-state index contributed by atoms with van der Waals surface area (Å²) in [6.07, 6.45) is 9.51. The fourth-order valence-corrected chi connectivity index (χ4v) is 4.15. The molecule has 160 valence electrons. The quantitative estimate of drug-likeness (QED) is 0.468. The average molecular weight is 426 g/mol. The van der Waals surface area contributed by atoms with Crippen LogP contribution in [0.2, 0.25) is 0 Å². The normalized spacial score (nSPS) is 15.5. The Hall–Kier alpha value is -3.92. The predicted molar refractivity (Wildman–Crippen MR) is 121 cm³/mol. The third kappa shape index (κ3) is 3.44. The number of fused-ring (bicyclic) bond motifs is 2. The Kier molecular flexibility index (Phi) is 4.50. The molecule has 0 radical (unpaired) electrons. The lowest BCUT2D eigenvalue weighted by Crippen LogP contribution is -2.31. The van der Waals surface area contributed by atoms with Gasteiger partial charge >= 0.3 is 0 Å². The Morgan fingerprint density at radius 2 is 1.94 bits per heavy atom. The number of nitrogens with one attached hydrogen (secondary N) is 1. The minimum Gasteiger partial charge on any atom is -0.321 e. The molecule has 1 saturated heterocycles. The zero-order chi connectivity index (χ0) is 21.5. The molecule has 6 rings (SSSR count). The monoisotopic (exact) mass is 426 g/mol. The number of aromatic nitrogens is 8. The molecule has 4 aromatic heterocycles. The molecule has 1 aliphatic rings. The first kappa shape index (κ1) is 18.8. The van der Waals surface area contributed by atoms with Gasteiger partial charge in [-0.25, -0.2) is 4.98 Å². The van der Waals surface area contributed by atoms with Crippen LogP contribution in [0.3, 0.4) is 0 Å². The average Bonchev–Trinajstić information content (AvgIpc) is 3.46. The molecule has 0 spiro atoms. The Labute approximate surface area is 183 Å². The van der Waals surface area contributed by atoms with Gasteiger partial charge in [-0.05, 0) is 57.2 Å². The van der Waals surface area contributed by atoms with Gasteiger partial charge in [0, 0.05) is 17.8 Å². The summed E-state index contributed by atoms with van der Waals surface area (Å²) < 4.78 is 3.76. The van der Waals surface area contributed by atoms with E-state index in [4.69, 9.17) is 0 Å². The highest BCUT2D eigenvalue weighted by Gasteiger charge is 2.19. The molecular weight excluding hydrogens is 404 g/mol. The third-order valence-electron chi connectivity index (χ3n) is 5.94. The summed E-state index contributed by atoms with van der Waals surface area (Å²) in [5.41, 5.74) is 3.92. The first-order valence-electron chi connectivity index (χ1n) is 10.7. The fourth-order valence-electron chi connectivity index (χ4n) is 4.15. The van der Waals surface area contributed by atoms with E-state index in [0.29, 0.717) is 23.2 Å². The third-order valence-corrected chi connectivity index (χ3v) is 5.94. The van der Waals surface area contributed by atoms with E-state index in [2.05, 4.69) is 47.6 Å². The van der Waals surface area contributed by atoms with Gasteiger partial charge in [-0.1, -0.05) is 11.3 Å². The number of benzene rings is 1. The zero-order valence-electron chi connectivity index (χ0n) is 17.6. The van der Waals surface area contributed by atoms with Gasteiger partial charge in [0.05, 0.1) is 35.3 Å². The van der Waals surface area contributed by atoms with Crippen molar-refractivity contribution >= 4 is 33.7 Å². The van der Waals surface area contributed by atoms with E-state index in [1.807, 2.05) is 47.4 Å². The van der Waals surface area contributed by atoms with Crippen molar-refractivity contribution in [1.82, 2.24) is 44.6 Å². The van der Waals surface area contributed by atoms with Crippen molar-refractivity contribution in [2.45, 2.75) is 18.9 Å². The van der Waals surface area contributed by atoms with Crippen molar-refractivity contribution in [2.75, 3.05) is 25.5 Å². The molecule has 0 aliphatic carbocycles. The van der Waals surface area contributed by atoms with Crippen LogP contribution in [0.1, 0.15) is 18.9 Å². The maximum absolute atomic E-state index is 4.68. The van der Waals surface area contributed by atoms with Gasteiger partial charge in [-0.3, -0.25) is 9.67 Å². The maximum atomic E-state index is 4.68. The Bertz CT molecular complexity index is 1400. The molecule has 5 aromatic rings. The van der Waals surface area contributed by atoms with E-state index < -0.39 is 0 Å². The second-order valence-electron chi connectivity index (χ2n) is 8.15. The predicted octanol–water partition coefficient (Wildman–Crippen LogP) is 2.97. The molecule has 1 aromatic carbocycles. The highest BCUT2D eigenvalue weighted by molar-refractivity contribution is 5.81. The second-order valence-corrected chi connectivity index (χ2v) is 8.15. The molecule has 1 fully saturated rings. The largest absolute Gasteiger partial charge is 0.321 e. The number of anilines is 2. The molecule has 10 heteroatoms. The van der Waals surface area contributed by atoms with Crippen LogP contribution in [0.5, 0.6) is 0 Å². The van der Waals surface area contributed by atoms with E-state index in [9.17, 15) is 0 Å². The summed E-state index contributed by atoms with van der Waals surface area (Å²) in [5, 5.41) is 17.4. The van der Waals surface area contributed by atoms with Gasteiger partial charge in [-0.15, -0.1) is 5.10 Å². The molecule has 0 bridgehead atoms. The Morgan fingerprint density at radius 1 is 1.03 bits per heavy atom. The van der Waals surface area contributed by atoms with Gasteiger partial charge in [0.2, 0.25) is 5.95 Å². The lowest BCUT2D eigenvalue weighted by Gasteiger charge is -2.28. The first-order chi connectivity index (χ1) is 15.7. The molecule has 0 saturated carbocycles. The summed E-state index contributed by atoms with van der Waals surface area (Å²) in [6, 6.07) is 10.3. The highest BCUT2D eigenvalue weighted by atomic mass is 15.4. The molecular formula is C22H22N10. The maximum Gasteiger partial charge on any atom is 0.229 e. The summed E-state index contributed by atoms with van der Waals surface area (Å²) in [7, 11) is 2.16. The molecule has 10 nitrogen and oxygen atoms in total. The summed E-state index contributed by atoms with van der Waals surface area (Å²) in [6.45, 7) is 2.18. The highest BCUT2D eigenvalue weighted by Crippen LogP contribution is 2.24. The number of nitrogens with zero attached hydrogens (tertiary/aromatic N) is 9. The van der Waals surface area contributed by atoms with Crippen LogP contribution < -0.4 is 5.32 Å². The van der Waals surface area contributed by atoms with Gasteiger partial charge in [-0.2, -0.15) is 14.8 Å². The smallest absolute Gasteiger partial charge is 0.229 e. The fraction of sp³-hybridized carbons (Fsp3) is 0.273. The van der Waals surface area contributed by atoms with Crippen LogP contribution in [-0.2, 0) is 0 Å². The van der Waals surface area contributed by atoms with Crippen molar-refractivity contribution in [1.29, 1.82) is 0 Å². The van der Waals surface area contributed by atoms with Crippen molar-refractivity contribution < 1.29 is 0 Å². The van der Waals surface area contributed by atoms with E-state index in [-0.39, 0.29) is 0 Å². The lowest BCUT2D eigenvalue weighted by molar-refractivity contribution is 0.212. The SMILES string of the molecule is CN1CCC(n2cc(Nc3ncc4nnn(-c5ccc6ncccc6c5)c4n3)cn2)CC1. The molecule has 1 N–H and O–H groups in total. The first-order valence-corrected chi connectivity index (χ1v) is 10.7. The van der Waals surface area contributed by atoms with E-state index in [1.54, 1.807) is 17.1 Å². The molecule has 32 heavy (non-hydrogen) atoms. The lowest BCUT2D eigenvalue weighted by atomic mass is 10.1. The molecule has 0 amide bonds. The van der Waals surface area contributed by atoms with Crippen LogP contribution in [-0.4, -0.2) is 64.8 Å². The van der Waals surface area contributed by atoms with Crippen molar-refractivity contribution in [3.05, 3.63) is 55.1 Å². The van der Waals surface area contributed by atoms with E-state index in [0.717, 1.165) is 48.2 Å². The van der Waals surface area contributed by atoms with Crippen LogP contribution in [0.25, 0.3) is 27.8 Å². The van der Waals surface area contributed by atoms with Gasteiger partial charge in [0.1, 0.15) is 0 Å². The van der Waals surface area contributed by atoms with Crippen LogP contribution in [0.4, 0.5) is 11.6 Å². The summed E-state index contributed by atoms with van der Waals surface area (Å²) in [5.74, 6) is 0.478.